The minimum absolute atomic E-state index is 0.138. The quantitative estimate of drug-likeness (QED) is 0.518. The predicted molar refractivity (Wildman–Crippen MR) is 97.9 cm³/mol. The van der Waals surface area contributed by atoms with Gasteiger partial charge in [0.25, 0.3) is 5.69 Å². The molecular formula is C20H26N3O3+. The minimum atomic E-state index is -0.424. The number of hydroxylamine groups is 2. The van der Waals surface area contributed by atoms with Gasteiger partial charge in [-0.3, -0.25) is 10.0 Å². The van der Waals surface area contributed by atoms with E-state index in [0.717, 1.165) is 29.4 Å². The first-order valence-corrected chi connectivity index (χ1v) is 8.89. The van der Waals surface area contributed by atoms with Crippen molar-refractivity contribution >= 4 is 11.6 Å². The highest BCUT2D eigenvalue weighted by Crippen LogP contribution is 2.20. The molecule has 0 aliphatic carbocycles. The zero-order valence-corrected chi connectivity index (χ0v) is 15.5. The summed E-state index contributed by atoms with van der Waals surface area (Å²) in [5.74, 6) is -0.424. The molecule has 1 amide bonds. The second-order valence-electron chi connectivity index (χ2n) is 6.89. The molecule has 1 N–H and O–H groups in total. The van der Waals surface area contributed by atoms with Gasteiger partial charge < -0.3 is 9.64 Å². The van der Waals surface area contributed by atoms with E-state index < -0.39 is 5.91 Å². The Morgan fingerprint density at radius 2 is 1.88 bits per heavy atom. The Hall–Kier alpha value is -2.44. The van der Waals surface area contributed by atoms with Gasteiger partial charge >= 0.3 is 5.91 Å². The molecule has 0 radical (unpaired) electrons. The second-order valence-corrected chi connectivity index (χ2v) is 6.89. The predicted octanol–water partition coefficient (Wildman–Crippen LogP) is 2.16. The van der Waals surface area contributed by atoms with Crippen molar-refractivity contribution in [1.82, 2.24) is 5.06 Å². The third-order valence-corrected chi connectivity index (χ3v) is 4.55. The summed E-state index contributed by atoms with van der Waals surface area (Å²) in [6, 6.07) is 13.2. The number of rotatable bonds is 4. The van der Waals surface area contributed by atoms with Gasteiger partial charge in [-0.05, 0) is 19.4 Å². The van der Waals surface area contributed by atoms with E-state index in [1.165, 1.54) is 0 Å². The van der Waals surface area contributed by atoms with Crippen LogP contribution in [-0.2, 0) is 18.3 Å². The summed E-state index contributed by atoms with van der Waals surface area (Å²) in [5.41, 5.74) is 2.27. The number of anilines is 1. The molecule has 6 nitrogen and oxygen atoms in total. The lowest BCUT2D eigenvalue weighted by Crippen LogP contribution is -2.46. The van der Waals surface area contributed by atoms with Crippen LogP contribution in [0.1, 0.15) is 29.9 Å². The van der Waals surface area contributed by atoms with Gasteiger partial charge in [-0.25, -0.2) is 5.06 Å². The average Bonchev–Trinajstić information content (AvgIpc) is 2.61. The molecule has 6 heteroatoms. The van der Waals surface area contributed by atoms with Gasteiger partial charge in [0.2, 0.25) is 0 Å². The first-order chi connectivity index (χ1) is 12.4. The Labute approximate surface area is 154 Å². The standard InChI is InChI=1S/C20H26N3O3/c1-15-12-22(13-16(2)26-15)18-9-10-21(3)19(11-18)20(24)23(25)14-17-7-5-4-6-8-17/h4-11,15-16,25H,12-14H2,1-3H3/q+1. The molecule has 2 unspecified atom stereocenters. The summed E-state index contributed by atoms with van der Waals surface area (Å²) in [5, 5.41) is 11.0. The lowest BCUT2D eigenvalue weighted by atomic mass is 10.2. The maximum absolute atomic E-state index is 12.7. The molecule has 0 bridgehead atoms. The highest BCUT2D eigenvalue weighted by atomic mass is 16.5. The molecule has 1 aliphatic heterocycles. The topological polar surface area (TPSA) is 56.9 Å². The Balaban J connectivity index is 1.79. The molecule has 1 saturated heterocycles. The second kappa shape index (κ2) is 7.85. The van der Waals surface area contributed by atoms with Crippen molar-refractivity contribution in [3.8, 4) is 0 Å². The van der Waals surface area contributed by atoms with E-state index in [1.807, 2.05) is 62.5 Å². The maximum atomic E-state index is 12.7. The maximum Gasteiger partial charge on any atom is 0.342 e. The first-order valence-electron chi connectivity index (χ1n) is 8.89. The van der Waals surface area contributed by atoms with Crippen molar-refractivity contribution in [2.75, 3.05) is 18.0 Å². The lowest BCUT2D eigenvalue weighted by molar-refractivity contribution is -0.673. The number of aryl methyl sites for hydroxylation is 1. The van der Waals surface area contributed by atoms with Gasteiger partial charge in [-0.2, -0.15) is 4.57 Å². The fourth-order valence-electron chi connectivity index (χ4n) is 3.32. The zero-order chi connectivity index (χ0) is 18.7. The van der Waals surface area contributed by atoms with Crippen LogP contribution in [0.3, 0.4) is 0 Å². The summed E-state index contributed by atoms with van der Waals surface area (Å²) in [7, 11) is 1.80. The number of hydrogen-bond acceptors (Lipinski definition) is 4. The van der Waals surface area contributed by atoms with Crippen LogP contribution < -0.4 is 9.47 Å². The van der Waals surface area contributed by atoms with Crippen LogP contribution >= 0.6 is 0 Å². The Bertz CT molecular complexity index is 756. The number of hydrogen-bond donors (Lipinski definition) is 1. The zero-order valence-electron chi connectivity index (χ0n) is 15.5. The molecular weight excluding hydrogens is 330 g/mol. The number of pyridine rings is 1. The molecule has 1 fully saturated rings. The van der Waals surface area contributed by atoms with Gasteiger partial charge in [-0.1, -0.05) is 30.3 Å². The molecule has 1 aromatic heterocycles. The number of benzene rings is 1. The first kappa shape index (κ1) is 18.4. The van der Waals surface area contributed by atoms with E-state index in [4.69, 9.17) is 4.74 Å². The molecule has 2 aromatic rings. The molecule has 0 spiro atoms. The third-order valence-electron chi connectivity index (χ3n) is 4.55. The van der Waals surface area contributed by atoms with Gasteiger partial charge in [0.15, 0.2) is 6.20 Å². The third kappa shape index (κ3) is 4.20. The number of aromatic nitrogens is 1. The average molecular weight is 356 g/mol. The van der Waals surface area contributed by atoms with E-state index in [2.05, 4.69) is 4.90 Å². The number of carbonyl (C=O) groups is 1. The van der Waals surface area contributed by atoms with Crippen LogP contribution in [0.15, 0.2) is 48.7 Å². The highest BCUT2D eigenvalue weighted by molar-refractivity contribution is 5.90. The highest BCUT2D eigenvalue weighted by Gasteiger charge is 2.27. The monoisotopic (exact) mass is 356 g/mol. The Kier molecular flexibility index (Phi) is 5.54. The fraction of sp³-hybridized carbons (Fsp3) is 0.400. The minimum Gasteiger partial charge on any atom is -0.372 e. The summed E-state index contributed by atoms with van der Waals surface area (Å²) < 4.78 is 7.51. The molecule has 26 heavy (non-hydrogen) atoms. The molecule has 1 aromatic carbocycles. The lowest BCUT2D eigenvalue weighted by Gasteiger charge is -2.36. The summed E-state index contributed by atoms with van der Waals surface area (Å²) >= 11 is 0. The van der Waals surface area contributed by atoms with Crippen molar-refractivity contribution in [3.05, 3.63) is 59.9 Å². The molecule has 2 atom stereocenters. The number of ether oxygens (including phenoxy) is 1. The van der Waals surface area contributed by atoms with Gasteiger partial charge in [0.05, 0.1) is 18.8 Å². The molecule has 2 heterocycles. The number of nitrogens with zero attached hydrogens (tertiary/aromatic N) is 3. The van der Waals surface area contributed by atoms with E-state index in [0.29, 0.717) is 5.69 Å². The van der Waals surface area contributed by atoms with E-state index >= 15 is 0 Å². The molecule has 0 saturated carbocycles. The van der Waals surface area contributed by atoms with Gasteiger partial charge in [0.1, 0.15) is 7.05 Å². The van der Waals surface area contributed by atoms with E-state index in [9.17, 15) is 10.0 Å². The largest absolute Gasteiger partial charge is 0.372 e. The number of morpholine rings is 1. The van der Waals surface area contributed by atoms with Crippen LogP contribution in [-0.4, -0.2) is 41.5 Å². The molecule has 138 valence electrons. The van der Waals surface area contributed by atoms with Gasteiger partial charge in [-0.15, -0.1) is 0 Å². The Morgan fingerprint density at radius 3 is 2.54 bits per heavy atom. The number of carbonyl (C=O) groups excluding carboxylic acids is 1. The summed E-state index contributed by atoms with van der Waals surface area (Å²) in [4.78, 5) is 15.0. The van der Waals surface area contributed by atoms with E-state index in [-0.39, 0.29) is 18.8 Å². The van der Waals surface area contributed by atoms with Crippen molar-refractivity contribution in [1.29, 1.82) is 0 Å². The summed E-state index contributed by atoms with van der Waals surface area (Å²) in [6.07, 6.45) is 2.13. The van der Waals surface area contributed by atoms with Crippen molar-refractivity contribution in [2.45, 2.75) is 32.6 Å². The smallest absolute Gasteiger partial charge is 0.342 e. The van der Waals surface area contributed by atoms with E-state index in [1.54, 1.807) is 11.6 Å². The van der Waals surface area contributed by atoms with Crippen molar-refractivity contribution < 1.29 is 19.3 Å². The van der Waals surface area contributed by atoms with Crippen LogP contribution in [0.4, 0.5) is 5.69 Å². The number of amides is 1. The SMILES string of the molecule is CC1CN(c2cc[n+](C)c(C(=O)N(O)Cc3ccccc3)c2)CC(C)O1. The Morgan fingerprint density at radius 1 is 1.23 bits per heavy atom. The molecule has 1 aliphatic rings. The van der Waals surface area contributed by atoms with Crippen molar-refractivity contribution in [2.24, 2.45) is 7.05 Å². The van der Waals surface area contributed by atoms with Crippen molar-refractivity contribution in [3.63, 3.8) is 0 Å². The molecule has 3 rings (SSSR count). The van der Waals surface area contributed by atoms with Crippen LogP contribution in [0.25, 0.3) is 0 Å². The van der Waals surface area contributed by atoms with Gasteiger partial charge in [0, 0.05) is 30.9 Å². The van der Waals surface area contributed by atoms with Crippen LogP contribution in [0.2, 0.25) is 0 Å². The fourth-order valence-corrected chi connectivity index (χ4v) is 3.32. The summed E-state index contributed by atoms with van der Waals surface area (Å²) in [6.45, 7) is 5.80. The van der Waals surface area contributed by atoms with Crippen LogP contribution in [0, 0.1) is 0 Å². The van der Waals surface area contributed by atoms with Crippen LogP contribution in [0.5, 0.6) is 0 Å². The normalized spacial score (nSPS) is 20.1.